The van der Waals surface area contributed by atoms with Crippen molar-refractivity contribution in [2.45, 2.75) is 12.5 Å². The molecule has 0 aliphatic carbocycles. The molecule has 0 spiro atoms. The maximum absolute atomic E-state index is 6.12. The van der Waals surface area contributed by atoms with Crippen LogP contribution in [0.4, 0.5) is 0 Å². The summed E-state index contributed by atoms with van der Waals surface area (Å²) in [6, 6.07) is 2.12. The zero-order valence-corrected chi connectivity index (χ0v) is 12.4. The average Bonchev–Trinajstić information content (AvgIpc) is 2.78. The van der Waals surface area contributed by atoms with Gasteiger partial charge in [-0.05, 0) is 37.9 Å². The van der Waals surface area contributed by atoms with Gasteiger partial charge in [0.1, 0.15) is 0 Å². The second kappa shape index (κ2) is 5.05. The molecule has 2 aromatic rings. The standard InChI is InChI=1S/C9H8Br2N2S2/c10-6-2-8(15-9(6)11)7(12)1-5-3-13-4-14-5/h2-4,7H,1,12H2. The first-order chi connectivity index (χ1) is 7.16. The van der Waals surface area contributed by atoms with Crippen molar-refractivity contribution in [1.82, 2.24) is 4.98 Å². The fourth-order valence-electron chi connectivity index (χ4n) is 1.21. The quantitative estimate of drug-likeness (QED) is 0.891. The van der Waals surface area contributed by atoms with Crippen LogP contribution in [0.2, 0.25) is 0 Å². The lowest BCUT2D eigenvalue weighted by atomic mass is 10.2. The zero-order valence-electron chi connectivity index (χ0n) is 7.61. The van der Waals surface area contributed by atoms with Crippen molar-refractivity contribution in [3.8, 4) is 0 Å². The monoisotopic (exact) mass is 366 g/mol. The van der Waals surface area contributed by atoms with E-state index in [9.17, 15) is 0 Å². The van der Waals surface area contributed by atoms with E-state index in [0.717, 1.165) is 14.7 Å². The molecule has 80 valence electrons. The van der Waals surface area contributed by atoms with Gasteiger partial charge < -0.3 is 5.73 Å². The van der Waals surface area contributed by atoms with Gasteiger partial charge >= 0.3 is 0 Å². The number of nitrogens with zero attached hydrogens (tertiary/aromatic N) is 1. The number of hydrogen-bond donors (Lipinski definition) is 1. The van der Waals surface area contributed by atoms with Crippen LogP contribution >= 0.6 is 54.5 Å². The Hall–Kier alpha value is 0.250. The van der Waals surface area contributed by atoms with Crippen LogP contribution in [-0.4, -0.2) is 4.98 Å². The Morgan fingerprint density at radius 3 is 2.80 bits per heavy atom. The molecule has 0 saturated heterocycles. The highest BCUT2D eigenvalue weighted by atomic mass is 79.9. The van der Waals surface area contributed by atoms with Crippen molar-refractivity contribution in [2.75, 3.05) is 0 Å². The largest absolute Gasteiger partial charge is 0.323 e. The summed E-state index contributed by atoms with van der Waals surface area (Å²) in [5.74, 6) is 0. The molecule has 0 bridgehead atoms. The summed E-state index contributed by atoms with van der Waals surface area (Å²) in [7, 11) is 0. The molecule has 0 aliphatic rings. The van der Waals surface area contributed by atoms with Crippen LogP contribution in [0, 0.1) is 0 Å². The molecule has 2 N–H and O–H groups in total. The minimum absolute atomic E-state index is 0.0537. The summed E-state index contributed by atoms with van der Waals surface area (Å²) in [4.78, 5) is 6.45. The molecule has 2 heterocycles. The lowest BCUT2D eigenvalue weighted by Gasteiger charge is -2.06. The minimum Gasteiger partial charge on any atom is -0.323 e. The van der Waals surface area contributed by atoms with Crippen molar-refractivity contribution < 1.29 is 0 Å². The topological polar surface area (TPSA) is 38.9 Å². The van der Waals surface area contributed by atoms with Crippen LogP contribution in [0.3, 0.4) is 0 Å². The van der Waals surface area contributed by atoms with Crippen LogP contribution in [-0.2, 0) is 6.42 Å². The molecular weight excluding hydrogens is 360 g/mol. The van der Waals surface area contributed by atoms with Crippen LogP contribution in [0.1, 0.15) is 15.8 Å². The normalized spacial score (nSPS) is 13.0. The molecule has 2 nitrogen and oxygen atoms in total. The zero-order chi connectivity index (χ0) is 10.8. The first-order valence-electron chi connectivity index (χ1n) is 4.24. The summed E-state index contributed by atoms with van der Waals surface area (Å²) in [6.07, 6.45) is 2.73. The molecule has 0 radical (unpaired) electrons. The van der Waals surface area contributed by atoms with Crippen molar-refractivity contribution in [2.24, 2.45) is 5.73 Å². The van der Waals surface area contributed by atoms with Crippen LogP contribution in [0.5, 0.6) is 0 Å². The predicted octanol–water partition coefficient (Wildman–Crippen LogP) is 3.97. The first kappa shape index (κ1) is 11.7. The van der Waals surface area contributed by atoms with Gasteiger partial charge in [0.25, 0.3) is 0 Å². The smallest absolute Gasteiger partial charge is 0.0843 e. The second-order valence-electron chi connectivity index (χ2n) is 3.05. The van der Waals surface area contributed by atoms with E-state index in [1.807, 2.05) is 11.7 Å². The Balaban J connectivity index is 2.11. The van der Waals surface area contributed by atoms with Gasteiger partial charge in [-0.15, -0.1) is 22.7 Å². The van der Waals surface area contributed by atoms with E-state index in [0.29, 0.717) is 0 Å². The molecule has 0 amide bonds. The summed E-state index contributed by atoms with van der Waals surface area (Å²) in [6.45, 7) is 0. The van der Waals surface area contributed by atoms with E-state index in [1.165, 1.54) is 9.75 Å². The van der Waals surface area contributed by atoms with Gasteiger partial charge in [0, 0.05) is 32.9 Å². The molecule has 0 fully saturated rings. The lowest BCUT2D eigenvalue weighted by Crippen LogP contribution is -2.10. The molecule has 0 aliphatic heterocycles. The van der Waals surface area contributed by atoms with E-state index in [4.69, 9.17) is 5.73 Å². The van der Waals surface area contributed by atoms with E-state index in [-0.39, 0.29) is 6.04 Å². The van der Waals surface area contributed by atoms with Gasteiger partial charge in [-0.3, -0.25) is 4.98 Å². The van der Waals surface area contributed by atoms with E-state index in [1.54, 1.807) is 22.7 Å². The average molecular weight is 368 g/mol. The molecule has 2 aromatic heterocycles. The van der Waals surface area contributed by atoms with Crippen molar-refractivity contribution >= 4 is 54.5 Å². The minimum atomic E-state index is 0.0537. The van der Waals surface area contributed by atoms with E-state index < -0.39 is 0 Å². The van der Waals surface area contributed by atoms with E-state index in [2.05, 4.69) is 42.9 Å². The Morgan fingerprint density at radius 2 is 2.27 bits per heavy atom. The summed E-state index contributed by atoms with van der Waals surface area (Å²) < 4.78 is 2.17. The number of nitrogens with two attached hydrogens (primary N) is 1. The number of halogens is 2. The molecule has 1 unspecified atom stereocenters. The number of thiazole rings is 1. The summed E-state index contributed by atoms with van der Waals surface area (Å²) in [5, 5.41) is 0. The predicted molar refractivity (Wildman–Crippen MR) is 72.5 cm³/mol. The Morgan fingerprint density at radius 1 is 1.47 bits per heavy atom. The number of thiophene rings is 1. The Kier molecular flexibility index (Phi) is 3.95. The SMILES string of the molecule is NC(Cc1cncs1)c1cc(Br)c(Br)s1. The highest BCUT2D eigenvalue weighted by molar-refractivity contribution is 9.13. The molecule has 2 rings (SSSR count). The molecule has 0 aromatic carbocycles. The summed E-state index contributed by atoms with van der Waals surface area (Å²) >= 11 is 10.2. The van der Waals surface area contributed by atoms with Gasteiger partial charge in [-0.25, -0.2) is 0 Å². The molecule has 0 saturated carbocycles. The molecular formula is C9H8Br2N2S2. The number of rotatable bonds is 3. The van der Waals surface area contributed by atoms with E-state index >= 15 is 0 Å². The second-order valence-corrected chi connectivity index (χ2v) is 7.28. The highest BCUT2D eigenvalue weighted by Crippen LogP contribution is 2.35. The molecule has 15 heavy (non-hydrogen) atoms. The van der Waals surface area contributed by atoms with Crippen molar-refractivity contribution in [3.63, 3.8) is 0 Å². The van der Waals surface area contributed by atoms with Crippen LogP contribution in [0.15, 0.2) is 26.0 Å². The van der Waals surface area contributed by atoms with Gasteiger partial charge in [0.15, 0.2) is 0 Å². The van der Waals surface area contributed by atoms with Crippen molar-refractivity contribution in [1.29, 1.82) is 0 Å². The molecule has 6 heteroatoms. The maximum atomic E-state index is 6.12. The Labute approximate surface area is 113 Å². The number of hydrogen-bond acceptors (Lipinski definition) is 4. The lowest BCUT2D eigenvalue weighted by molar-refractivity contribution is 0.744. The third kappa shape index (κ3) is 2.88. The maximum Gasteiger partial charge on any atom is 0.0843 e. The third-order valence-electron chi connectivity index (χ3n) is 1.93. The van der Waals surface area contributed by atoms with Gasteiger partial charge in [-0.1, -0.05) is 0 Å². The first-order valence-corrected chi connectivity index (χ1v) is 7.52. The van der Waals surface area contributed by atoms with Gasteiger partial charge in [0.05, 0.1) is 9.30 Å². The fraction of sp³-hybridized carbons (Fsp3) is 0.222. The van der Waals surface area contributed by atoms with Crippen LogP contribution < -0.4 is 5.73 Å². The fourth-order valence-corrected chi connectivity index (χ4v) is 3.95. The third-order valence-corrected chi connectivity index (χ3v) is 6.12. The van der Waals surface area contributed by atoms with Crippen molar-refractivity contribution in [3.05, 3.63) is 35.8 Å². The molecule has 1 atom stereocenters. The summed E-state index contributed by atoms with van der Waals surface area (Å²) in [5.41, 5.74) is 7.95. The highest BCUT2D eigenvalue weighted by Gasteiger charge is 2.12. The Bertz CT molecular complexity index is 419. The number of aromatic nitrogens is 1. The van der Waals surface area contributed by atoms with Gasteiger partial charge in [-0.2, -0.15) is 0 Å². The van der Waals surface area contributed by atoms with Gasteiger partial charge in [0.2, 0.25) is 0 Å². The van der Waals surface area contributed by atoms with Crippen LogP contribution in [0.25, 0.3) is 0 Å².